The molecule has 1 saturated carbocycles. The molecular weight excluding hydrogens is 429 g/mol. The summed E-state index contributed by atoms with van der Waals surface area (Å²) < 4.78 is 53.9. The van der Waals surface area contributed by atoms with Crippen LogP contribution in [0.4, 0.5) is 13.2 Å². The van der Waals surface area contributed by atoms with Gasteiger partial charge in [0.15, 0.2) is 0 Å². The second-order valence-electron chi connectivity index (χ2n) is 7.51. The van der Waals surface area contributed by atoms with Crippen molar-refractivity contribution in [3.05, 3.63) is 23.5 Å². The molecule has 0 amide bonds. The number of aliphatic hydroxyl groups is 1. The number of nitrogens with zero attached hydrogens (tertiary/aromatic N) is 2. The van der Waals surface area contributed by atoms with E-state index in [1.165, 1.54) is 0 Å². The Bertz CT molecular complexity index is 854. The zero-order chi connectivity index (χ0) is 19.4. The van der Waals surface area contributed by atoms with Crippen LogP contribution in [0.15, 0.2) is 12.1 Å². The zero-order valence-corrected chi connectivity index (χ0v) is 16.3. The molecule has 0 bridgehead atoms. The van der Waals surface area contributed by atoms with E-state index in [1.54, 1.807) is 17.6 Å². The van der Waals surface area contributed by atoms with Gasteiger partial charge in [0, 0.05) is 17.4 Å². The van der Waals surface area contributed by atoms with Crippen LogP contribution in [0.3, 0.4) is 0 Å². The fourth-order valence-corrected chi connectivity index (χ4v) is 4.02. The molecule has 1 aliphatic heterocycles. The standard InChI is InChI=1S/C18H20BrF3N2O3/c1-17(25)6-11(7-17)24-15-13(18(20,21)22)4-12(27-3-2-19)5-14(15)23-16(24)10-8-26-9-10/h4-5,10-11,25H,2-3,6-9H2,1H3. The van der Waals surface area contributed by atoms with E-state index in [9.17, 15) is 18.3 Å². The third kappa shape index (κ3) is 3.45. The van der Waals surface area contributed by atoms with Crippen LogP contribution >= 0.6 is 15.9 Å². The summed E-state index contributed by atoms with van der Waals surface area (Å²) in [5, 5.41) is 10.6. The number of imidazole rings is 1. The van der Waals surface area contributed by atoms with Gasteiger partial charge in [-0.15, -0.1) is 0 Å². The number of hydrogen-bond donors (Lipinski definition) is 1. The maximum absolute atomic E-state index is 13.9. The first-order chi connectivity index (χ1) is 12.7. The number of ether oxygens (including phenoxy) is 2. The largest absolute Gasteiger partial charge is 0.493 e. The summed E-state index contributed by atoms with van der Waals surface area (Å²) in [5.74, 6) is 0.715. The summed E-state index contributed by atoms with van der Waals surface area (Å²) in [6, 6.07) is 2.39. The first kappa shape index (κ1) is 19.0. The van der Waals surface area contributed by atoms with Crippen molar-refractivity contribution in [2.75, 3.05) is 25.2 Å². The molecule has 0 unspecified atom stereocenters. The van der Waals surface area contributed by atoms with E-state index >= 15 is 0 Å². The minimum Gasteiger partial charge on any atom is -0.493 e. The molecule has 5 nitrogen and oxygen atoms in total. The number of alkyl halides is 4. The Hall–Kier alpha value is -1.32. The number of benzene rings is 1. The quantitative estimate of drug-likeness (QED) is 0.701. The van der Waals surface area contributed by atoms with Crippen LogP contribution in [0.2, 0.25) is 0 Å². The highest BCUT2D eigenvalue weighted by atomic mass is 79.9. The number of aromatic nitrogens is 2. The Balaban J connectivity index is 1.89. The average molecular weight is 449 g/mol. The molecule has 2 aromatic rings. The highest BCUT2D eigenvalue weighted by Gasteiger charge is 2.44. The molecule has 0 spiro atoms. The van der Waals surface area contributed by atoms with Gasteiger partial charge in [0.25, 0.3) is 0 Å². The monoisotopic (exact) mass is 448 g/mol. The minimum atomic E-state index is -4.54. The third-order valence-corrected chi connectivity index (χ3v) is 5.48. The molecule has 9 heteroatoms. The van der Waals surface area contributed by atoms with E-state index in [4.69, 9.17) is 9.47 Å². The highest BCUT2D eigenvalue weighted by molar-refractivity contribution is 9.09. The Morgan fingerprint density at radius 3 is 2.59 bits per heavy atom. The molecular formula is C18H20BrF3N2O3. The lowest BCUT2D eigenvalue weighted by Gasteiger charge is -2.43. The fraction of sp³-hybridized carbons (Fsp3) is 0.611. The van der Waals surface area contributed by atoms with Gasteiger partial charge in [-0.2, -0.15) is 13.2 Å². The Kier molecular flexibility index (Phi) is 4.67. The van der Waals surface area contributed by atoms with Gasteiger partial charge < -0.3 is 19.1 Å². The van der Waals surface area contributed by atoms with Gasteiger partial charge in [0.2, 0.25) is 0 Å². The molecule has 4 rings (SSSR count). The van der Waals surface area contributed by atoms with Gasteiger partial charge in [0.1, 0.15) is 11.6 Å². The lowest BCUT2D eigenvalue weighted by molar-refractivity contribution is -0.136. The first-order valence-corrected chi connectivity index (χ1v) is 9.94. The van der Waals surface area contributed by atoms with E-state index < -0.39 is 17.3 Å². The number of rotatable bonds is 5. The molecule has 1 aliphatic carbocycles. The van der Waals surface area contributed by atoms with E-state index in [2.05, 4.69) is 20.9 Å². The first-order valence-electron chi connectivity index (χ1n) is 8.81. The predicted octanol–water partition coefficient (Wildman–Crippen LogP) is 4.03. The SMILES string of the molecule is CC1(O)CC(n2c(C3COC3)nc3cc(OCCBr)cc(C(F)(F)F)c32)C1. The van der Waals surface area contributed by atoms with Gasteiger partial charge in [-0.25, -0.2) is 4.98 Å². The molecule has 2 heterocycles. The van der Waals surface area contributed by atoms with Crippen LogP contribution in [0, 0.1) is 0 Å². The molecule has 1 aromatic heterocycles. The van der Waals surface area contributed by atoms with Crippen LogP contribution in [-0.4, -0.2) is 45.4 Å². The van der Waals surface area contributed by atoms with Crippen molar-refractivity contribution in [3.8, 4) is 5.75 Å². The summed E-state index contributed by atoms with van der Waals surface area (Å²) in [7, 11) is 0. The summed E-state index contributed by atoms with van der Waals surface area (Å²) >= 11 is 3.21. The molecule has 148 valence electrons. The van der Waals surface area contributed by atoms with E-state index in [-0.39, 0.29) is 35.3 Å². The van der Waals surface area contributed by atoms with Crippen molar-refractivity contribution >= 4 is 27.0 Å². The van der Waals surface area contributed by atoms with Gasteiger partial charge in [-0.3, -0.25) is 0 Å². The van der Waals surface area contributed by atoms with Crippen molar-refractivity contribution < 1.29 is 27.8 Å². The topological polar surface area (TPSA) is 56.5 Å². The van der Waals surface area contributed by atoms with Crippen LogP contribution in [0.25, 0.3) is 11.0 Å². The average Bonchev–Trinajstić information content (AvgIpc) is 2.85. The maximum atomic E-state index is 13.9. The zero-order valence-electron chi connectivity index (χ0n) is 14.7. The van der Waals surface area contributed by atoms with Crippen molar-refractivity contribution in [1.82, 2.24) is 9.55 Å². The van der Waals surface area contributed by atoms with Gasteiger partial charge in [-0.1, -0.05) is 15.9 Å². The second kappa shape index (κ2) is 6.63. The van der Waals surface area contributed by atoms with Crippen molar-refractivity contribution in [2.45, 2.75) is 43.5 Å². The maximum Gasteiger partial charge on any atom is 0.418 e. The molecule has 1 saturated heterocycles. The predicted molar refractivity (Wildman–Crippen MR) is 96.5 cm³/mol. The summed E-state index contributed by atoms with van der Waals surface area (Å²) in [4.78, 5) is 4.54. The minimum absolute atomic E-state index is 0.0315. The van der Waals surface area contributed by atoms with Crippen molar-refractivity contribution in [1.29, 1.82) is 0 Å². The molecule has 2 aliphatic rings. The van der Waals surface area contributed by atoms with Gasteiger partial charge >= 0.3 is 6.18 Å². The van der Waals surface area contributed by atoms with E-state index in [1.807, 2.05) is 0 Å². The Morgan fingerprint density at radius 2 is 2.07 bits per heavy atom. The molecule has 27 heavy (non-hydrogen) atoms. The van der Waals surface area contributed by atoms with Crippen LogP contribution < -0.4 is 4.74 Å². The Morgan fingerprint density at radius 1 is 1.37 bits per heavy atom. The van der Waals surface area contributed by atoms with E-state index in [0.29, 0.717) is 37.2 Å². The molecule has 1 N–H and O–H groups in total. The molecule has 2 fully saturated rings. The van der Waals surface area contributed by atoms with Gasteiger partial charge in [0.05, 0.1) is 47.9 Å². The summed E-state index contributed by atoms with van der Waals surface area (Å²) in [6.45, 7) is 2.85. The van der Waals surface area contributed by atoms with Crippen molar-refractivity contribution in [2.24, 2.45) is 0 Å². The van der Waals surface area contributed by atoms with E-state index in [0.717, 1.165) is 6.07 Å². The molecule has 1 aromatic carbocycles. The number of hydrogen-bond acceptors (Lipinski definition) is 4. The molecule has 0 atom stereocenters. The number of fused-ring (bicyclic) bond motifs is 1. The Labute approximate surface area is 162 Å². The second-order valence-corrected chi connectivity index (χ2v) is 8.30. The summed E-state index contributed by atoms with van der Waals surface area (Å²) in [6.07, 6.45) is -3.74. The third-order valence-electron chi connectivity index (χ3n) is 5.16. The highest BCUT2D eigenvalue weighted by Crippen LogP contribution is 2.47. The van der Waals surface area contributed by atoms with Crippen LogP contribution in [-0.2, 0) is 10.9 Å². The smallest absolute Gasteiger partial charge is 0.418 e. The normalized spacial score (nSPS) is 26.1. The van der Waals surface area contributed by atoms with Crippen LogP contribution in [0.1, 0.15) is 43.1 Å². The summed E-state index contributed by atoms with van der Waals surface area (Å²) in [5.41, 5.74) is -1.28. The van der Waals surface area contributed by atoms with Crippen LogP contribution in [0.5, 0.6) is 5.75 Å². The van der Waals surface area contributed by atoms with Crippen molar-refractivity contribution in [3.63, 3.8) is 0 Å². The lowest BCUT2D eigenvalue weighted by atomic mass is 9.76. The number of halogens is 4. The lowest BCUT2D eigenvalue weighted by Crippen LogP contribution is -2.43. The molecule has 0 radical (unpaired) electrons. The fourth-order valence-electron chi connectivity index (χ4n) is 3.86. The van der Waals surface area contributed by atoms with Gasteiger partial charge in [-0.05, 0) is 25.8 Å².